The number of hydrogen-bond donors (Lipinski definition) is 0. The summed E-state index contributed by atoms with van der Waals surface area (Å²) in [7, 11) is 0. The highest BCUT2D eigenvalue weighted by atomic mass is 32.1. The van der Waals surface area contributed by atoms with Gasteiger partial charge in [0.1, 0.15) is 0 Å². The SMILES string of the molecule is C1=C[C@H]2c3ccccc3[C@@H]1c1cscc12. The van der Waals surface area contributed by atoms with Crippen molar-refractivity contribution in [2.75, 3.05) is 0 Å². The van der Waals surface area contributed by atoms with Crippen LogP contribution in [0.15, 0.2) is 47.2 Å². The van der Waals surface area contributed by atoms with Crippen molar-refractivity contribution in [2.45, 2.75) is 11.8 Å². The third-order valence-corrected chi connectivity index (χ3v) is 4.34. The van der Waals surface area contributed by atoms with Gasteiger partial charge in [0.15, 0.2) is 0 Å². The van der Waals surface area contributed by atoms with E-state index in [2.05, 4.69) is 47.2 Å². The van der Waals surface area contributed by atoms with Gasteiger partial charge in [-0.05, 0) is 33.0 Å². The van der Waals surface area contributed by atoms with E-state index in [1.165, 1.54) is 22.3 Å². The molecular weight excluding hydrogens is 200 g/mol. The molecule has 1 heteroatoms. The van der Waals surface area contributed by atoms with E-state index in [1.807, 2.05) is 11.3 Å². The van der Waals surface area contributed by atoms with E-state index in [0.29, 0.717) is 11.8 Å². The molecule has 0 N–H and O–H groups in total. The molecular formula is C14H10S. The second-order valence-corrected chi connectivity index (χ2v) is 5.00. The lowest BCUT2D eigenvalue weighted by molar-refractivity contribution is 0.820. The minimum atomic E-state index is 0.521. The smallest absolute Gasteiger partial charge is 0.0284 e. The summed E-state index contributed by atoms with van der Waals surface area (Å²) in [6, 6.07) is 8.85. The Kier molecular flexibility index (Phi) is 1.37. The number of rotatable bonds is 0. The van der Waals surface area contributed by atoms with Crippen LogP contribution in [0, 0.1) is 0 Å². The fourth-order valence-electron chi connectivity index (χ4n) is 2.87. The predicted molar refractivity (Wildman–Crippen MR) is 63.6 cm³/mol. The minimum absolute atomic E-state index is 0.521. The van der Waals surface area contributed by atoms with Crippen molar-refractivity contribution in [1.29, 1.82) is 0 Å². The fourth-order valence-corrected chi connectivity index (χ4v) is 3.80. The molecule has 0 fully saturated rings. The largest absolute Gasteiger partial charge is 0.152 e. The average Bonchev–Trinajstić information content (AvgIpc) is 2.80. The summed E-state index contributed by atoms with van der Waals surface area (Å²) in [5, 5.41) is 4.62. The molecule has 3 aliphatic rings. The second-order valence-electron chi connectivity index (χ2n) is 4.25. The lowest BCUT2D eigenvalue weighted by atomic mass is 9.69. The van der Waals surface area contributed by atoms with Crippen LogP contribution in [-0.4, -0.2) is 0 Å². The zero-order chi connectivity index (χ0) is 9.83. The van der Waals surface area contributed by atoms with E-state index in [-0.39, 0.29) is 0 Å². The Bertz CT molecular complexity index is 515. The highest BCUT2D eigenvalue weighted by Crippen LogP contribution is 2.49. The molecule has 5 rings (SSSR count). The zero-order valence-electron chi connectivity index (χ0n) is 8.18. The lowest BCUT2D eigenvalue weighted by Crippen LogP contribution is -2.18. The van der Waals surface area contributed by atoms with Crippen molar-refractivity contribution >= 4 is 11.3 Å². The summed E-state index contributed by atoms with van der Waals surface area (Å²) < 4.78 is 0. The Hall–Kier alpha value is -1.34. The molecule has 2 atom stereocenters. The molecule has 2 bridgehead atoms. The zero-order valence-corrected chi connectivity index (χ0v) is 9.00. The van der Waals surface area contributed by atoms with Crippen LogP contribution in [0.5, 0.6) is 0 Å². The molecule has 1 aromatic carbocycles. The van der Waals surface area contributed by atoms with Gasteiger partial charge < -0.3 is 0 Å². The molecule has 0 spiro atoms. The fraction of sp³-hybridized carbons (Fsp3) is 0.143. The molecule has 0 nitrogen and oxygen atoms in total. The third-order valence-electron chi connectivity index (χ3n) is 3.56. The van der Waals surface area contributed by atoms with Crippen molar-refractivity contribution in [3.63, 3.8) is 0 Å². The van der Waals surface area contributed by atoms with Crippen LogP contribution in [0.25, 0.3) is 0 Å². The third kappa shape index (κ3) is 0.870. The normalized spacial score (nSPS) is 25.1. The first-order valence-electron chi connectivity index (χ1n) is 5.28. The van der Waals surface area contributed by atoms with Crippen LogP contribution in [0.3, 0.4) is 0 Å². The average molecular weight is 210 g/mol. The maximum atomic E-state index is 2.36. The standard InChI is InChI=1S/C14H10S/c1-2-4-10-9(3-1)11-5-6-12(10)14-8-15-7-13(11)14/h1-8,11-12H/t11-,12+. The summed E-state index contributed by atoms with van der Waals surface area (Å²) in [6.45, 7) is 0. The van der Waals surface area contributed by atoms with E-state index >= 15 is 0 Å². The molecule has 1 aromatic heterocycles. The van der Waals surface area contributed by atoms with Crippen LogP contribution in [0.4, 0.5) is 0 Å². The van der Waals surface area contributed by atoms with Crippen molar-refractivity contribution in [2.24, 2.45) is 0 Å². The molecule has 0 radical (unpaired) electrons. The Morgan fingerprint density at radius 3 is 1.80 bits per heavy atom. The maximum absolute atomic E-state index is 2.36. The molecule has 2 aromatic rings. The number of hydrogen-bond acceptors (Lipinski definition) is 1. The monoisotopic (exact) mass is 210 g/mol. The molecule has 15 heavy (non-hydrogen) atoms. The summed E-state index contributed by atoms with van der Waals surface area (Å²) in [5.74, 6) is 1.04. The molecule has 0 saturated carbocycles. The highest BCUT2D eigenvalue weighted by Gasteiger charge is 2.33. The van der Waals surface area contributed by atoms with Crippen LogP contribution < -0.4 is 0 Å². The van der Waals surface area contributed by atoms with E-state index in [0.717, 1.165) is 0 Å². The minimum Gasteiger partial charge on any atom is -0.152 e. The van der Waals surface area contributed by atoms with Gasteiger partial charge in [-0.2, -0.15) is 11.3 Å². The van der Waals surface area contributed by atoms with Crippen molar-refractivity contribution in [1.82, 2.24) is 0 Å². The van der Waals surface area contributed by atoms with Gasteiger partial charge in [0.2, 0.25) is 0 Å². The van der Waals surface area contributed by atoms with E-state index in [4.69, 9.17) is 0 Å². The number of benzene rings is 1. The maximum Gasteiger partial charge on any atom is 0.0284 e. The van der Waals surface area contributed by atoms with Crippen LogP contribution in [0.1, 0.15) is 34.1 Å². The van der Waals surface area contributed by atoms with Crippen LogP contribution >= 0.6 is 11.3 Å². The Balaban J connectivity index is 2.08. The molecule has 72 valence electrons. The predicted octanol–water partition coefficient (Wildman–Crippen LogP) is 3.90. The first-order valence-corrected chi connectivity index (χ1v) is 6.22. The van der Waals surface area contributed by atoms with Gasteiger partial charge in [-0.1, -0.05) is 36.4 Å². The Morgan fingerprint density at radius 2 is 1.27 bits per heavy atom. The first-order chi connectivity index (χ1) is 7.45. The van der Waals surface area contributed by atoms with Gasteiger partial charge in [0.05, 0.1) is 0 Å². The first kappa shape index (κ1) is 7.89. The van der Waals surface area contributed by atoms with E-state index in [9.17, 15) is 0 Å². The Morgan fingerprint density at radius 1 is 0.733 bits per heavy atom. The summed E-state index contributed by atoms with van der Waals surface area (Å²) >= 11 is 1.83. The van der Waals surface area contributed by atoms with Crippen molar-refractivity contribution in [3.8, 4) is 0 Å². The van der Waals surface area contributed by atoms with Gasteiger partial charge in [-0.25, -0.2) is 0 Å². The van der Waals surface area contributed by atoms with Gasteiger partial charge in [0.25, 0.3) is 0 Å². The van der Waals surface area contributed by atoms with Crippen LogP contribution in [0.2, 0.25) is 0 Å². The van der Waals surface area contributed by atoms with Gasteiger partial charge in [-0.3, -0.25) is 0 Å². The second kappa shape index (κ2) is 2.61. The molecule has 0 unspecified atom stereocenters. The van der Waals surface area contributed by atoms with Gasteiger partial charge >= 0.3 is 0 Å². The van der Waals surface area contributed by atoms with Gasteiger partial charge in [-0.15, -0.1) is 0 Å². The lowest BCUT2D eigenvalue weighted by Gasteiger charge is -2.33. The molecule has 0 amide bonds. The quantitative estimate of drug-likeness (QED) is 0.579. The molecule has 3 aliphatic carbocycles. The van der Waals surface area contributed by atoms with Crippen molar-refractivity contribution in [3.05, 3.63) is 69.4 Å². The highest BCUT2D eigenvalue weighted by molar-refractivity contribution is 7.08. The summed E-state index contributed by atoms with van der Waals surface area (Å²) in [4.78, 5) is 0. The molecule has 0 aliphatic heterocycles. The number of allylic oxidation sites excluding steroid dienone is 2. The van der Waals surface area contributed by atoms with E-state index < -0.39 is 0 Å². The van der Waals surface area contributed by atoms with Gasteiger partial charge in [0, 0.05) is 11.8 Å². The molecule has 0 saturated heterocycles. The van der Waals surface area contributed by atoms with Crippen molar-refractivity contribution < 1.29 is 0 Å². The Labute approximate surface area is 92.9 Å². The topological polar surface area (TPSA) is 0 Å². The molecule has 1 heterocycles. The summed E-state index contributed by atoms with van der Waals surface area (Å²) in [5.41, 5.74) is 6.09. The number of thiophene rings is 1. The van der Waals surface area contributed by atoms with E-state index in [1.54, 1.807) is 0 Å². The summed E-state index contributed by atoms with van der Waals surface area (Å²) in [6.07, 6.45) is 4.73. The van der Waals surface area contributed by atoms with Crippen LogP contribution in [-0.2, 0) is 0 Å².